The third kappa shape index (κ3) is 5.98. The van der Waals surface area contributed by atoms with Crippen LogP contribution in [0.2, 0.25) is 0 Å². The van der Waals surface area contributed by atoms with Crippen LogP contribution in [0.25, 0.3) is 0 Å². The molecule has 3 rings (SSSR count). The standard InChI is InChI=1S/C21H22N4O3/c22-21-24-13-16(14-25-21)15-28-19-9-4-6-17(12-19)20(26)23-10-5-11-27-18-7-2-1-3-8-18/h1-4,6-9,12-14H,5,10-11,15H2,(H,23,26)(H2,22,24,25). The van der Waals surface area contributed by atoms with Crippen LogP contribution in [0.5, 0.6) is 11.5 Å². The molecule has 3 aromatic rings. The first-order valence-electron chi connectivity index (χ1n) is 8.96. The van der Waals surface area contributed by atoms with E-state index in [9.17, 15) is 4.79 Å². The highest BCUT2D eigenvalue weighted by atomic mass is 16.5. The predicted molar refractivity (Wildman–Crippen MR) is 106 cm³/mol. The lowest BCUT2D eigenvalue weighted by Gasteiger charge is -2.09. The topological polar surface area (TPSA) is 99.4 Å². The monoisotopic (exact) mass is 378 g/mol. The van der Waals surface area contributed by atoms with Crippen LogP contribution in [0.4, 0.5) is 5.95 Å². The van der Waals surface area contributed by atoms with Crippen molar-refractivity contribution in [2.24, 2.45) is 0 Å². The normalized spacial score (nSPS) is 10.3. The van der Waals surface area contributed by atoms with Gasteiger partial charge in [0.25, 0.3) is 5.91 Å². The molecule has 0 bridgehead atoms. The molecule has 7 heteroatoms. The van der Waals surface area contributed by atoms with Crippen molar-refractivity contribution in [2.45, 2.75) is 13.0 Å². The molecule has 1 heterocycles. The summed E-state index contributed by atoms with van der Waals surface area (Å²) in [7, 11) is 0. The van der Waals surface area contributed by atoms with Crippen molar-refractivity contribution in [3.8, 4) is 11.5 Å². The Morgan fingerprint density at radius 3 is 2.50 bits per heavy atom. The van der Waals surface area contributed by atoms with Gasteiger partial charge < -0.3 is 20.5 Å². The number of amides is 1. The molecule has 0 unspecified atom stereocenters. The molecule has 0 saturated carbocycles. The zero-order valence-corrected chi connectivity index (χ0v) is 15.4. The number of nitrogen functional groups attached to an aromatic ring is 1. The zero-order valence-electron chi connectivity index (χ0n) is 15.4. The molecule has 144 valence electrons. The van der Waals surface area contributed by atoms with Gasteiger partial charge in [0.05, 0.1) is 6.61 Å². The Hall–Kier alpha value is -3.61. The van der Waals surface area contributed by atoms with E-state index in [1.807, 2.05) is 30.3 Å². The second-order valence-electron chi connectivity index (χ2n) is 6.04. The Balaban J connectivity index is 1.42. The van der Waals surface area contributed by atoms with Gasteiger partial charge in [-0.25, -0.2) is 9.97 Å². The van der Waals surface area contributed by atoms with Crippen molar-refractivity contribution in [3.05, 3.63) is 78.1 Å². The Bertz CT molecular complexity index is 886. The van der Waals surface area contributed by atoms with Crippen molar-refractivity contribution in [1.82, 2.24) is 15.3 Å². The first kappa shape index (κ1) is 19.2. The molecule has 0 fully saturated rings. The molecular formula is C21H22N4O3. The van der Waals surface area contributed by atoms with Gasteiger partial charge in [0.2, 0.25) is 5.95 Å². The van der Waals surface area contributed by atoms with Gasteiger partial charge in [0.1, 0.15) is 18.1 Å². The molecule has 3 N–H and O–H groups in total. The van der Waals surface area contributed by atoms with Gasteiger partial charge in [0.15, 0.2) is 0 Å². The van der Waals surface area contributed by atoms with E-state index in [4.69, 9.17) is 15.2 Å². The fourth-order valence-corrected chi connectivity index (χ4v) is 2.42. The van der Waals surface area contributed by atoms with Crippen LogP contribution in [-0.4, -0.2) is 29.0 Å². The minimum Gasteiger partial charge on any atom is -0.494 e. The summed E-state index contributed by atoms with van der Waals surface area (Å²) in [4.78, 5) is 20.1. The molecule has 0 radical (unpaired) electrons. The molecule has 7 nitrogen and oxygen atoms in total. The zero-order chi connectivity index (χ0) is 19.6. The largest absolute Gasteiger partial charge is 0.494 e. The number of carbonyl (C=O) groups excluding carboxylic acids is 1. The first-order valence-corrected chi connectivity index (χ1v) is 8.96. The third-order valence-corrected chi connectivity index (χ3v) is 3.85. The molecular weight excluding hydrogens is 356 g/mol. The highest BCUT2D eigenvalue weighted by Crippen LogP contribution is 2.15. The summed E-state index contributed by atoms with van der Waals surface area (Å²) in [5.74, 6) is 1.49. The van der Waals surface area contributed by atoms with Crippen molar-refractivity contribution in [1.29, 1.82) is 0 Å². The lowest BCUT2D eigenvalue weighted by Crippen LogP contribution is -2.25. The van der Waals surface area contributed by atoms with E-state index in [-0.39, 0.29) is 11.9 Å². The molecule has 0 aliphatic rings. The minimum atomic E-state index is -0.152. The Morgan fingerprint density at radius 1 is 0.964 bits per heavy atom. The number of benzene rings is 2. The fraction of sp³-hybridized carbons (Fsp3) is 0.190. The maximum absolute atomic E-state index is 12.3. The van der Waals surface area contributed by atoms with Gasteiger partial charge in [-0.1, -0.05) is 24.3 Å². The highest BCUT2D eigenvalue weighted by Gasteiger charge is 2.07. The minimum absolute atomic E-state index is 0.152. The summed E-state index contributed by atoms with van der Waals surface area (Å²) in [5.41, 5.74) is 6.79. The predicted octanol–water partition coefficient (Wildman–Crippen LogP) is 2.84. The Morgan fingerprint density at radius 2 is 1.71 bits per heavy atom. The second kappa shape index (κ2) is 9.91. The van der Waals surface area contributed by atoms with Gasteiger partial charge in [0, 0.05) is 30.1 Å². The molecule has 0 spiro atoms. The summed E-state index contributed by atoms with van der Waals surface area (Å²) in [6, 6.07) is 16.6. The molecule has 2 aromatic carbocycles. The lowest BCUT2D eigenvalue weighted by atomic mass is 10.2. The number of rotatable bonds is 9. The van der Waals surface area contributed by atoms with E-state index >= 15 is 0 Å². The van der Waals surface area contributed by atoms with Crippen LogP contribution >= 0.6 is 0 Å². The van der Waals surface area contributed by atoms with Crippen LogP contribution in [0.3, 0.4) is 0 Å². The Labute approximate surface area is 163 Å². The van der Waals surface area contributed by atoms with Crippen molar-refractivity contribution < 1.29 is 14.3 Å². The highest BCUT2D eigenvalue weighted by molar-refractivity contribution is 5.94. The van der Waals surface area contributed by atoms with Crippen molar-refractivity contribution in [2.75, 3.05) is 18.9 Å². The van der Waals surface area contributed by atoms with Crippen molar-refractivity contribution in [3.63, 3.8) is 0 Å². The van der Waals surface area contributed by atoms with E-state index in [2.05, 4.69) is 15.3 Å². The number of para-hydroxylation sites is 1. The summed E-state index contributed by atoms with van der Waals surface area (Å²) < 4.78 is 11.3. The van der Waals surface area contributed by atoms with Gasteiger partial charge in [-0.15, -0.1) is 0 Å². The fourth-order valence-electron chi connectivity index (χ4n) is 2.42. The second-order valence-corrected chi connectivity index (χ2v) is 6.04. The number of carbonyl (C=O) groups is 1. The van der Waals surface area contributed by atoms with Gasteiger partial charge in [-0.05, 0) is 36.8 Å². The summed E-state index contributed by atoms with van der Waals surface area (Å²) in [5, 5.41) is 2.88. The summed E-state index contributed by atoms with van der Waals surface area (Å²) >= 11 is 0. The lowest BCUT2D eigenvalue weighted by molar-refractivity contribution is 0.0951. The van der Waals surface area contributed by atoms with Gasteiger partial charge >= 0.3 is 0 Å². The number of anilines is 1. The summed E-state index contributed by atoms with van der Waals surface area (Å²) in [6.07, 6.45) is 3.93. The first-order chi connectivity index (χ1) is 13.7. The quantitative estimate of drug-likeness (QED) is 0.556. The van der Waals surface area contributed by atoms with Gasteiger partial charge in [-0.3, -0.25) is 4.79 Å². The molecule has 1 aromatic heterocycles. The van der Waals surface area contributed by atoms with Crippen molar-refractivity contribution >= 4 is 11.9 Å². The van der Waals surface area contributed by atoms with E-state index in [0.29, 0.717) is 37.5 Å². The number of hydrogen-bond donors (Lipinski definition) is 2. The molecule has 0 saturated heterocycles. The maximum Gasteiger partial charge on any atom is 0.251 e. The van der Waals surface area contributed by atoms with Crippen LogP contribution in [0, 0.1) is 0 Å². The maximum atomic E-state index is 12.3. The number of ether oxygens (including phenoxy) is 2. The van der Waals surface area contributed by atoms with Gasteiger partial charge in [-0.2, -0.15) is 0 Å². The van der Waals surface area contributed by atoms with Crippen LogP contribution in [0.1, 0.15) is 22.3 Å². The van der Waals surface area contributed by atoms with Crippen LogP contribution in [-0.2, 0) is 6.61 Å². The van der Waals surface area contributed by atoms with E-state index in [0.717, 1.165) is 11.3 Å². The van der Waals surface area contributed by atoms with E-state index < -0.39 is 0 Å². The molecule has 0 atom stereocenters. The van der Waals surface area contributed by atoms with Crippen LogP contribution in [0.15, 0.2) is 67.0 Å². The number of nitrogens with zero attached hydrogens (tertiary/aromatic N) is 2. The van der Waals surface area contributed by atoms with Crippen LogP contribution < -0.4 is 20.5 Å². The Kier molecular flexibility index (Phi) is 6.78. The smallest absolute Gasteiger partial charge is 0.251 e. The molecule has 0 aliphatic heterocycles. The average molecular weight is 378 g/mol. The number of nitrogens with two attached hydrogens (primary N) is 1. The van der Waals surface area contributed by atoms with E-state index in [1.54, 1.807) is 36.7 Å². The molecule has 28 heavy (non-hydrogen) atoms. The molecule has 1 amide bonds. The average Bonchev–Trinajstić information content (AvgIpc) is 2.74. The third-order valence-electron chi connectivity index (χ3n) is 3.85. The molecule has 0 aliphatic carbocycles. The number of aromatic nitrogens is 2. The summed E-state index contributed by atoms with van der Waals surface area (Å²) in [6.45, 7) is 1.36. The number of nitrogens with one attached hydrogen (secondary N) is 1. The van der Waals surface area contributed by atoms with E-state index in [1.165, 1.54) is 0 Å². The SMILES string of the molecule is Nc1ncc(COc2cccc(C(=O)NCCCOc3ccccc3)c2)cn1. The number of hydrogen-bond acceptors (Lipinski definition) is 6.